The predicted octanol–water partition coefficient (Wildman–Crippen LogP) is 2.52. The van der Waals surface area contributed by atoms with Crippen molar-refractivity contribution in [2.45, 2.75) is 43.8 Å². The predicted molar refractivity (Wildman–Crippen MR) is 108 cm³/mol. The molecule has 1 fully saturated rings. The summed E-state index contributed by atoms with van der Waals surface area (Å²) in [5.74, 6) is 0.343. The normalized spacial score (nSPS) is 14.7. The number of rotatable bonds is 8. The number of aliphatic imine (C=N–C) groups is 1. The minimum Gasteiger partial charge on any atom is -0.357 e. The van der Waals surface area contributed by atoms with Gasteiger partial charge in [-0.15, -0.1) is 0 Å². The molecule has 8 heteroatoms. The second-order valence-electron chi connectivity index (χ2n) is 6.72. The lowest BCUT2D eigenvalue weighted by atomic mass is 10.2. The fraction of sp³-hybridized carbons (Fsp3) is 0.350. The van der Waals surface area contributed by atoms with Crippen LogP contribution in [-0.4, -0.2) is 27.0 Å². The zero-order chi connectivity index (χ0) is 20.0. The molecule has 0 unspecified atom stereocenters. The molecule has 0 atom stereocenters. The van der Waals surface area contributed by atoms with Crippen LogP contribution in [0.4, 0.5) is 4.39 Å². The number of nitrogens with zero attached hydrogens (tertiary/aromatic N) is 1. The highest BCUT2D eigenvalue weighted by molar-refractivity contribution is 7.89. The van der Waals surface area contributed by atoms with Crippen LogP contribution in [-0.2, 0) is 23.1 Å². The van der Waals surface area contributed by atoms with Crippen molar-refractivity contribution in [3.63, 3.8) is 0 Å². The molecule has 1 aliphatic carbocycles. The molecule has 3 N–H and O–H groups in total. The summed E-state index contributed by atoms with van der Waals surface area (Å²) in [6, 6.07) is 13.0. The zero-order valence-corrected chi connectivity index (χ0v) is 16.6. The van der Waals surface area contributed by atoms with Crippen LogP contribution in [0.1, 0.15) is 30.9 Å². The summed E-state index contributed by atoms with van der Waals surface area (Å²) < 4.78 is 40.9. The van der Waals surface area contributed by atoms with Gasteiger partial charge in [-0.2, -0.15) is 0 Å². The number of nitrogens with one attached hydrogen (secondary N) is 3. The summed E-state index contributed by atoms with van der Waals surface area (Å²) in [5, 5.41) is 6.52. The Bertz CT molecular complexity index is 943. The SMILES string of the molecule is CCNC(=NCc1cccc(S(=O)(=O)NCc2cccc(F)c2)c1)NC1CC1. The lowest BCUT2D eigenvalue weighted by Crippen LogP contribution is -2.38. The average molecular weight is 405 g/mol. The van der Waals surface area contributed by atoms with Gasteiger partial charge in [-0.3, -0.25) is 0 Å². The Balaban J connectivity index is 1.66. The molecule has 0 heterocycles. The Kier molecular flexibility index (Phi) is 6.64. The van der Waals surface area contributed by atoms with Crippen LogP contribution in [0.5, 0.6) is 0 Å². The van der Waals surface area contributed by atoms with Gasteiger partial charge in [0.2, 0.25) is 10.0 Å². The molecule has 0 aliphatic heterocycles. The molecule has 2 aromatic rings. The molecule has 0 bridgehead atoms. The van der Waals surface area contributed by atoms with Gasteiger partial charge in [0.1, 0.15) is 5.82 Å². The summed E-state index contributed by atoms with van der Waals surface area (Å²) in [5.41, 5.74) is 1.35. The molecule has 0 radical (unpaired) electrons. The zero-order valence-electron chi connectivity index (χ0n) is 15.8. The molecule has 0 spiro atoms. The van der Waals surface area contributed by atoms with E-state index in [0.717, 1.165) is 30.9 Å². The van der Waals surface area contributed by atoms with Crippen molar-refractivity contribution in [1.29, 1.82) is 0 Å². The fourth-order valence-corrected chi connectivity index (χ4v) is 3.72. The molecule has 3 rings (SSSR count). The van der Waals surface area contributed by atoms with E-state index in [2.05, 4.69) is 20.3 Å². The lowest BCUT2D eigenvalue weighted by Gasteiger charge is -2.11. The first-order valence-electron chi connectivity index (χ1n) is 9.34. The first-order chi connectivity index (χ1) is 13.5. The number of benzene rings is 2. The maximum atomic E-state index is 13.3. The largest absolute Gasteiger partial charge is 0.357 e. The molecule has 6 nitrogen and oxygen atoms in total. The Hall–Kier alpha value is -2.45. The Morgan fingerprint density at radius 1 is 1.14 bits per heavy atom. The van der Waals surface area contributed by atoms with Gasteiger partial charge in [-0.1, -0.05) is 24.3 Å². The van der Waals surface area contributed by atoms with Crippen molar-refractivity contribution in [2.75, 3.05) is 6.54 Å². The van der Waals surface area contributed by atoms with E-state index < -0.39 is 15.8 Å². The third-order valence-corrected chi connectivity index (χ3v) is 5.65. The molecule has 150 valence electrons. The summed E-state index contributed by atoms with van der Waals surface area (Å²) >= 11 is 0. The van der Waals surface area contributed by atoms with Crippen molar-refractivity contribution in [1.82, 2.24) is 15.4 Å². The quantitative estimate of drug-likeness (QED) is 0.466. The Labute approximate surface area is 165 Å². The lowest BCUT2D eigenvalue weighted by molar-refractivity contribution is 0.580. The third-order valence-electron chi connectivity index (χ3n) is 4.25. The van der Waals surface area contributed by atoms with Crippen molar-refractivity contribution in [2.24, 2.45) is 4.99 Å². The van der Waals surface area contributed by atoms with Gasteiger partial charge in [-0.05, 0) is 55.2 Å². The van der Waals surface area contributed by atoms with Crippen LogP contribution in [0.25, 0.3) is 0 Å². The van der Waals surface area contributed by atoms with Gasteiger partial charge in [0, 0.05) is 19.1 Å². The van der Waals surface area contributed by atoms with Crippen LogP contribution >= 0.6 is 0 Å². The number of hydrogen-bond acceptors (Lipinski definition) is 3. The summed E-state index contributed by atoms with van der Waals surface area (Å²) in [6.45, 7) is 3.16. The second-order valence-corrected chi connectivity index (χ2v) is 8.48. The minimum atomic E-state index is -3.70. The summed E-state index contributed by atoms with van der Waals surface area (Å²) in [6.07, 6.45) is 2.30. The molecule has 0 saturated heterocycles. The van der Waals surface area contributed by atoms with Crippen LogP contribution in [0.15, 0.2) is 58.4 Å². The van der Waals surface area contributed by atoms with E-state index in [1.807, 2.05) is 13.0 Å². The highest BCUT2D eigenvalue weighted by Gasteiger charge is 2.22. The summed E-state index contributed by atoms with van der Waals surface area (Å²) in [7, 11) is -3.70. The first-order valence-corrected chi connectivity index (χ1v) is 10.8. The van der Waals surface area contributed by atoms with Crippen LogP contribution in [0.2, 0.25) is 0 Å². The van der Waals surface area contributed by atoms with Gasteiger partial charge in [0.15, 0.2) is 5.96 Å². The van der Waals surface area contributed by atoms with Gasteiger partial charge in [0.25, 0.3) is 0 Å². The smallest absolute Gasteiger partial charge is 0.240 e. The summed E-state index contributed by atoms with van der Waals surface area (Å²) in [4.78, 5) is 4.69. The molecule has 0 aromatic heterocycles. The number of hydrogen-bond donors (Lipinski definition) is 3. The van der Waals surface area contributed by atoms with E-state index in [0.29, 0.717) is 18.2 Å². The Morgan fingerprint density at radius 2 is 1.89 bits per heavy atom. The highest BCUT2D eigenvalue weighted by atomic mass is 32.2. The first kappa shape index (κ1) is 20.3. The van der Waals surface area contributed by atoms with E-state index in [1.165, 1.54) is 18.2 Å². The van der Waals surface area contributed by atoms with Gasteiger partial charge in [0.05, 0.1) is 11.4 Å². The number of halogens is 1. The molecule has 28 heavy (non-hydrogen) atoms. The number of sulfonamides is 1. The molecular formula is C20H25FN4O2S. The van der Waals surface area contributed by atoms with Gasteiger partial charge >= 0.3 is 0 Å². The van der Waals surface area contributed by atoms with E-state index in [1.54, 1.807) is 24.3 Å². The maximum absolute atomic E-state index is 13.3. The van der Waals surface area contributed by atoms with Crippen LogP contribution in [0.3, 0.4) is 0 Å². The molecule has 0 amide bonds. The highest BCUT2D eigenvalue weighted by Crippen LogP contribution is 2.18. The van der Waals surface area contributed by atoms with Crippen LogP contribution < -0.4 is 15.4 Å². The van der Waals surface area contributed by atoms with E-state index in [9.17, 15) is 12.8 Å². The molecule has 2 aromatic carbocycles. The minimum absolute atomic E-state index is 0.0261. The molecule has 1 aliphatic rings. The van der Waals surface area contributed by atoms with E-state index in [-0.39, 0.29) is 11.4 Å². The van der Waals surface area contributed by atoms with Crippen molar-refractivity contribution in [3.8, 4) is 0 Å². The van der Waals surface area contributed by atoms with Crippen LogP contribution in [0, 0.1) is 5.82 Å². The number of guanidine groups is 1. The molecular weight excluding hydrogens is 379 g/mol. The Morgan fingerprint density at radius 3 is 2.61 bits per heavy atom. The average Bonchev–Trinajstić information content (AvgIpc) is 3.49. The van der Waals surface area contributed by atoms with Gasteiger partial charge < -0.3 is 10.6 Å². The topological polar surface area (TPSA) is 82.6 Å². The standard InChI is InChI=1S/C20H25FN4O2S/c1-2-22-20(25-18-9-10-18)23-13-16-6-4-8-19(12-16)28(26,27)24-14-15-5-3-7-17(21)11-15/h3-8,11-12,18,24H,2,9-10,13-14H2,1H3,(H2,22,23,25). The van der Waals surface area contributed by atoms with Crippen molar-refractivity contribution >= 4 is 16.0 Å². The third kappa shape index (κ3) is 6.03. The fourth-order valence-electron chi connectivity index (χ4n) is 2.63. The van der Waals surface area contributed by atoms with Crippen molar-refractivity contribution < 1.29 is 12.8 Å². The maximum Gasteiger partial charge on any atom is 0.240 e. The van der Waals surface area contributed by atoms with Crippen molar-refractivity contribution in [3.05, 3.63) is 65.5 Å². The molecule has 1 saturated carbocycles. The monoisotopic (exact) mass is 404 g/mol. The second kappa shape index (κ2) is 9.16. The van der Waals surface area contributed by atoms with Gasteiger partial charge in [-0.25, -0.2) is 22.5 Å². The van der Waals surface area contributed by atoms with E-state index >= 15 is 0 Å². The van der Waals surface area contributed by atoms with E-state index in [4.69, 9.17) is 0 Å².